The van der Waals surface area contributed by atoms with Crippen molar-refractivity contribution in [3.05, 3.63) is 64.0 Å². The summed E-state index contributed by atoms with van der Waals surface area (Å²) in [5.41, 5.74) is 0.996. The van der Waals surface area contributed by atoms with Gasteiger partial charge in [-0.1, -0.05) is 6.07 Å². The van der Waals surface area contributed by atoms with Crippen LogP contribution in [0.1, 0.15) is 28.9 Å². The van der Waals surface area contributed by atoms with Crippen LogP contribution in [-0.4, -0.2) is 47.0 Å². The molecule has 0 bridgehead atoms. The molecule has 0 spiro atoms. The number of carbonyl (C=O) groups excluding carboxylic acids is 1. The molecule has 0 aliphatic carbocycles. The Balaban J connectivity index is 1.91. The smallest absolute Gasteiger partial charge is 0.311 e. The minimum Gasteiger partial charge on any atom is -0.487 e. The number of hydrogen-bond acceptors (Lipinski definition) is 6. The van der Waals surface area contributed by atoms with E-state index < -0.39 is 4.92 Å². The van der Waals surface area contributed by atoms with Crippen LogP contribution in [0.5, 0.6) is 5.75 Å². The second-order valence-corrected chi connectivity index (χ2v) is 5.88. The number of hydrogen-bond donors (Lipinski definition) is 1. The first-order valence-electron chi connectivity index (χ1n) is 8.44. The minimum absolute atomic E-state index is 0.165. The second-order valence-electron chi connectivity index (χ2n) is 5.88. The van der Waals surface area contributed by atoms with Crippen LogP contribution in [0.4, 0.5) is 5.69 Å². The highest BCUT2D eigenvalue weighted by molar-refractivity contribution is 5.95. The number of benzene rings is 1. The van der Waals surface area contributed by atoms with E-state index in [9.17, 15) is 14.9 Å². The summed E-state index contributed by atoms with van der Waals surface area (Å²) < 4.78 is 5.28. The molecule has 1 aliphatic heterocycles. The average molecular weight is 356 g/mol. The molecule has 8 heteroatoms. The molecule has 2 heterocycles. The molecule has 26 heavy (non-hydrogen) atoms. The number of nitrogens with zero attached hydrogens (tertiary/aromatic N) is 3. The number of piperazine rings is 1. The van der Waals surface area contributed by atoms with E-state index in [4.69, 9.17) is 4.74 Å². The van der Waals surface area contributed by atoms with Crippen molar-refractivity contribution in [1.82, 2.24) is 15.2 Å². The van der Waals surface area contributed by atoms with Gasteiger partial charge in [-0.25, -0.2) is 0 Å². The molecule has 2 aromatic rings. The fraction of sp³-hybridized carbons (Fsp3) is 0.333. The quantitative estimate of drug-likeness (QED) is 0.651. The van der Waals surface area contributed by atoms with Crippen LogP contribution in [0.15, 0.2) is 42.7 Å². The lowest BCUT2D eigenvalue weighted by atomic mass is 10.0. The molecular weight excluding hydrogens is 336 g/mol. The van der Waals surface area contributed by atoms with Crippen LogP contribution in [0.3, 0.4) is 0 Å². The van der Waals surface area contributed by atoms with Crippen LogP contribution in [0.2, 0.25) is 0 Å². The highest BCUT2D eigenvalue weighted by Crippen LogP contribution is 2.30. The summed E-state index contributed by atoms with van der Waals surface area (Å²) in [6, 6.07) is 7.92. The molecule has 136 valence electrons. The number of nitrogens with one attached hydrogen (secondary N) is 1. The van der Waals surface area contributed by atoms with E-state index in [2.05, 4.69) is 10.3 Å². The molecule has 1 amide bonds. The first-order valence-corrected chi connectivity index (χ1v) is 8.44. The zero-order valence-electron chi connectivity index (χ0n) is 14.4. The summed E-state index contributed by atoms with van der Waals surface area (Å²) in [6.07, 6.45) is 3.42. The Kier molecular flexibility index (Phi) is 5.43. The van der Waals surface area contributed by atoms with Gasteiger partial charge in [0.25, 0.3) is 5.91 Å². The topological polar surface area (TPSA) is 97.6 Å². The molecule has 8 nitrogen and oxygen atoms in total. The first kappa shape index (κ1) is 17.8. The van der Waals surface area contributed by atoms with Crippen molar-refractivity contribution in [1.29, 1.82) is 0 Å². The van der Waals surface area contributed by atoms with Gasteiger partial charge in [0.15, 0.2) is 5.75 Å². The average Bonchev–Trinajstić information content (AvgIpc) is 2.68. The van der Waals surface area contributed by atoms with Crippen molar-refractivity contribution in [2.24, 2.45) is 0 Å². The van der Waals surface area contributed by atoms with Gasteiger partial charge in [0, 0.05) is 43.7 Å². The van der Waals surface area contributed by atoms with Gasteiger partial charge in [-0.05, 0) is 30.7 Å². The van der Waals surface area contributed by atoms with E-state index in [0.29, 0.717) is 26.2 Å². The van der Waals surface area contributed by atoms with Gasteiger partial charge in [0.2, 0.25) is 0 Å². The molecule has 1 aromatic carbocycles. The largest absolute Gasteiger partial charge is 0.487 e. The fourth-order valence-electron chi connectivity index (χ4n) is 3.05. The Labute approximate surface area is 150 Å². The number of nitro benzene ring substituents is 1. The monoisotopic (exact) mass is 356 g/mol. The summed E-state index contributed by atoms with van der Waals surface area (Å²) in [5.74, 6) is -0.0790. The van der Waals surface area contributed by atoms with E-state index in [1.54, 1.807) is 30.3 Å². The number of ether oxygens (including phenoxy) is 1. The third-order valence-corrected chi connectivity index (χ3v) is 4.28. The number of amides is 1. The van der Waals surface area contributed by atoms with Crippen molar-refractivity contribution in [3.8, 4) is 5.75 Å². The first-order chi connectivity index (χ1) is 12.6. The van der Waals surface area contributed by atoms with E-state index in [1.807, 2.05) is 12.1 Å². The lowest BCUT2D eigenvalue weighted by Crippen LogP contribution is -2.48. The molecule has 1 aromatic heterocycles. The van der Waals surface area contributed by atoms with E-state index in [-0.39, 0.29) is 28.9 Å². The number of pyridine rings is 1. The van der Waals surface area contributed by atoms with Crippen molar-refractivity contribution >= 4 is 11.6 Å². The third-order valence-electron chi connectivity index (χ3n) is 4.28. The maximum Gasteiger partial charge on any atom is 0.311 e. The van der Waals surface area contributed by atoms with Crippen LogP contribution in [0.25, 0.3) is 0 Å². The van der Waals surface area contributed by atoms with Crippen molar-refractivity contribution in [2.45, 2.75) is 13.0 Å². The predicted octanol–water partition coefficient (Wildman–Crippen LogP) is 2.18. The molecule has 1 atom stereocenters. The summed E-state index contributed by atoms with van der Waals surface area (Å²) in [7, 11) is 0. The SMILES string of the molecule is CCOc1ccc(C(=O)N2CCNCC2c2cccnc2)cc1[N+](=O)[O-]. The highest BCUT2D eigenvalue weighted by atomic mass is 16.6. The second kappa shape index (κ2) is 7.92. The van der Waals surface area contributed by atoms with Gasteiger partial charge in [0.1, 0.15) is 0 Å². The van der Waals surface area contributed by atoms with Crippen LogP contribution in [0, 0.1) is 10.1 Å². The summed E-state index contributed by atoms with van der Waals surface area (Å²) in [6.45, 7) is 3.86. The molecule has 0 saturated carbocycles. The van der Waals surface area contributed by atoms with Gasteiger partial charge in [0.05, 0.1) is 17.6 Å². The maximum atomic E-state index is 13.0. The predicted molar refractivity (Wildman–Crippen MR) is 95.1 cm³/mol. The Morgan fingerprint density at radius 3 is 3.00 bits per heavy atom. The zero-order chi connectivity index (χ0) is 18.5. The van der Waals surface area contributed by atoms with Crippen LogP contribution >= 0.6 is 0 Å². The Morgan fingerprint density at radius 2 is 2.31 bits per heavy atom. The molecule has 3 rings (SSSR count). The molecular formula is C18H20N4O4. The number of rotatable bonds is 5. The van der Waals surface area contributed by atoms with Crippen LogP contribution in [-0.2, 0) is 0 Å². The Bertz CT molecular complexity index is 797. The zero-order valence-corrected chi connectivity index (χ0v) is 14.4. The summed E-state index contributed by atoms with van der Waals surface area (Å²) in [4.78, 5) is 29.7. The Hall–Kier alpha value is -3.00. The van der Waals surface area contributed by atoms with Gasteiger partial charge in [-0.3, -0.25) is 19.9 Å². The van der Waals surface area contributed by atoms with Crippen molar-refractivity contribution in [3.63, 3.8) is 0 Å². The van der Waals surface area contributed by atoms with Crippen molar-refractivity contribution < 1.29 is 14.5 Å². The number of aromatic nitrogens is 1. The molecule has 1 N–H and O–H groups in total. The van der Waals surface area contributed by atoms with Crippen LogP contribution < -0.4 is 10.1 Å². The lowest BCUT2D eigenvalue weighted by molar-refractivity contribution is -0.385. The minimum atomic E-state index is -0.530. The van der Waals surface area contributed by atoms with E-state index in [0.717, 1.165) is 5.56 Å². The third kappa shape index (κ3) is 3.65. The number of carbonyl (C=O) groups is 1. The van der Waals surface area contributed by atoms with E-state index >= 15 is 0 Å². The van der Waals surface area contributed by atoms with Gasteiger partial charge in [-0.15, -0.1) is 0 Å². The highest BCUT2D eigenvalue weighted by Gasteiger charge is 2.30. The summed E-state index contributed by atoms with van der Waals surface area (Å²) >= 11 is 0. The molecule has 1 aliphatic rings. The molecule has 1 saturated heterocycles. The molecule has 1 unspecified atom stereocenters. The Morgan fingerprint density at radius 1 is 1.46 bits per heavy atom. The normalized spacial score (nSPS) is 17.0. The van der Waals surface area contributed by atoms with E-state index in [1.165, 1.54) is 12.1 Å². The lowest BCUT2D eigenvalue weighted by Gasteiger charge is -2.36. The number of nitro groups is 1. The van der Waals surface area contributed by atoms with Crippen molar-refractivity contribution in [2.75, 3.05) is 26.2 Å². The molecule has 1 fully saturated rings. The summed E-state index contributed by atoms with van der Waals surface area (Å²) in [5, 5.41) is 14.6. The van der Waals surface area contributed by atoms with Gasteiger partial charge in [-0.2, -0.15) is 0 Å². The molecule has 0 radical (unpaired) electrons. The van der Waals surface area contributed by atoms with Gasteiger partial charge >= 0.3 is 5.69 Å². The van der Waals surface area contributed by atoms with Gasteiger partial charge < -0.3 is 15.0 Å². The fourth-order valence-corrected chi connectivity index (χ4v) is 3.05. The standard InChI is InChI=1S/C18H20N4O4/c1-2-26-17-6-5-13(10-15(17)22(24)25)18(23)21-9-8-20-12-16(21)14-4-3-7-19-11-14/h3-7,10-11,16,20H,2,8-9,12H2,1H3. The maximum absolute atomic E-state index is 13.0.